The second-order valence-corrected chi connectivity index (χ2v) is 9.88. The predicted molar refractivity (Wildman–Crippen MR) is 142 cm³/mol. The van der Waals surface area contributed by atoms with Gasteiger partial charge in [-0.05, 0) is 74.1 Å². The summed E-state index contributed by atoms with van der Waals surface area (Å²) in [6.07, 6.45) is 4.30. The van der Waals surface area contributed by atoms with Crippen molar-refractivity contribution in [3.63, 3.8) is 0 Å². The van der Waals surface area contributed by atoms with Crippen molar-refractivity contribution < 1.29 is 18.9 Å². The molecule has 2 aromatic heterocycles. The van der Waals surface area contributed by atoms with Gasteiger partial charge in [-0.25, -0.2) is 4.98 Å². The lowest BCUT2D eigenvalue weighted by Crippen LogP contribution is -2.12. The number of aryl methyl sites for hydroxylation is 3. The largest absolute Gasteiger partial charge is 0.493 e. The quantitative estimate of drug-likeness (QED) is 0.293. The third-order valence-corrected chi connectivity index (χ3v) is 7.42. The van der Waals surface area contributed by atoms with Crippen molar-refractivity contribution in [3.05, 3.63) is 68.8 Å². The second kappa shape index (κ2) is 11.1. The van der Waals surface area contributed by atoms with Crippen molar-refractivity contribution >= 4 is 21.6 Å². The van der Waals surface area contributed by atoms with Crippen LogP contribution in [-0.2, 0) is 17.6 Å². The number of benzene rings is 2. The van der Waals surface area contributed by atoms with Gasteiger partial charge in [0.1, 0.15) is 29.6 Å². The van der Waals surface area contributed by atoms with Crippen LogP contribution >= 0.6 is 11.3 Å². The van der Waals surface area contributed by atoms with E-state index < -0.39 is 0 Å². The van der Waals surface area contributed by atoms with Gasteiger partial charge in [-0.1, -0.05) is 12.1 Å². The molecule has 1 aliphatic carbocycles. The fourth-order valence-corrected chi connectivity index (χ4v) is 5.73. The Morgan fingerprint density at radius 3 is 2.64 bits per heavy atom. The molecule has 0 amide bonds. The predicted octanol–water partition coefficient (Wildman–Crippen LogP) is 5.32. The normalized spacial score (nSPS) is 12.9. The Labute approximate surface area is 214 Å². The molecule has 0 atom stereocenters. The van der Waals surface area contributed by atoms with Crippen LogP contribution in [0.5, 0.6) is 17.2 Å². The molecule has 0 unspecified atom stereocenters. The number of nitrogens with zero attached hydrogens (tertiary/aromatic N) is 1. The van der Waals surface area contributed by atoms with Crippen molar-refractivity contribution in [2.24, 2.45) is 0 Å². The van der Waals surface area contributed by atoms with E-state index in [2.05, 4.69) is 4.98 Å². The van der Waals surface area contributed by atoms with E-state index in [4.69, 9.17) is 23.9 Å². The molecule has 5 rings (SSSR count). The summed E-state index contributed by atoms with van der Waals surface area (Å²) in [5.74, 6) is 2.56. The maximum atomic E-state index is 12.9. The summed E-state index contributed by atoms with van der Waals surface area (Å²) in [5, 5.41) is 0.759. The highest BCUT2D eigenvalue weighted by molar-refractivity contribution is 7.18. The lowest BCUT2D eigenvalue weighted by atomic mass is 9.97. The fourth-order valence-electron chi connectivity index (χ4n) is 4.47. The van der Waals surface area contributed by atoms with Gasteiger partial charge in [0.2, 0.25) is 0 Å². The molecule has 0 spiro atoms. The molecular formula is C28H30N2O5S. The number of methoxy groups -OCH3 is 1. The Hall–Kier alpha value is -3.36. The van der Waals surface area contributed by atoms with Crippen LogP contribution in [0.15, 0.2) is 47.3 Å². The van der Waals surface area contributed by atoms with E-state index in [0.29, 0.717) is 43.8 Å². The van der Waals surface area contributed by atoms with Crippen LogP contribution in [0.2, 0.25) is 0 Å². The summed E-state index contributed by atoms with van der Waals surface area (Å²) in [4.78, 5) is 22.8. The number of hydrogen-bond acceptors (Lipinski definition) is 7. The zero-order valence-electron chi connectivity index (χ0n) is 20.6. The van der Waals surface area contributed by atoms with Crippen LogP contribution in [0.1, 0.15) is 28.8 Å². The number of hydrogen-bond donors (Lipinski definition) is 1. The average Bonchev–Trinajstić information content (AvgIpc) is 3.27. The lowest BCUT2D eigenvalue weighted by Gasteiger charge is -2.13. The molecule has 0 fully saturated rings. The Bertz CT molecular complexity index is 1410. The second-order valence-electron chi connectivity index (χ2n) is 8.80. The third-order valence-electron chi connectivity index (χ3n) is 6.23. The molecular weight excluding hydrogens is 476 g/mol. The van der Waals surface area contributed by atoms with Gasteiger partial charge in [0.05, 0.1) is 25.7 Å². The highest BCUT2D eigenvalue weighted by atomic mass is 32.1. The number of aromatic nitrogens is 2. The summed E-state index contributed by atoms with van der Waals surface area (Å²) < 4.78 is 22.7. The van der Waals surface area contributed by atoms with Crippen LogP contribution in [0.3, 0.4) is 0 Å². The zero-order valence-corrected chi connectivity index (χ0v) is 21.4. The molecule has 0 radical (unpaired) electrons. The van der Waals surface area contributed by atoms with Crippen molar-refractivity contribution in [1.29, 1.82) is 0 Å². The minimum absolute atomic E-state index is 0.0720. The monoisotopic (exact) mass is 506 g/mol. The van der Waals surface area contributed by atoms with E-state index in [1.165, 1.54) is 16.9 Å². The van der Waals surface area contributed by atoms with E-state index in [0.717, 1.165) is 46.4 Å². The number of thiophene rings is 1. The number of fused-ring (bicyclic) bond motifs is 3. The number of nitrogens with one attached hydrogen (secondary N) is 1. The highest BCUT2D eigenvalue weighted by Crippen LogP contribution is 2.35. The number of ether oxygens (including phenoxy) is 4. The maximum Gasteiger partial charge on any atom is 0.260 e. The molecule has 2 heterocycles. The number of aromatic amines is 1. The van der Waals surface area contributed by atoms with Crippen molar-refractivity contribution in [3.8, 4) is 28.6 Å². The first-order valence-corrected chi connectivity index (χ1v) is 13.1. The van der Waals surface area contributed by atoms with E-state index in [9.17, 15) is 4.79 Å². The summed E-state index contributed by atoms with van der Waals surface area (Å²) in [6, 6.07) is 13.5. The van der Waals surface area contributed by atoms with Crippen molar-refractivity contribution in [1.82, 2.24) is 9.97 Å². The van der Waals surface area contributed by atoms with E-state index >= 15 is 0 Å². The Morgan fingerprint density at radius 2 is 1.81 bits per heavy atom. The van der Waals surface area contributed by atoms with Gasteiger partial charge in [-0.3, -0.25) is 4.79 Å². The molecule has 0 saturated carbocycles. The first-order chi connectivity index (χ1) is 17.6. The summed E-state index contributed by atoms with van der Waals surface area (Å²) >= 11 is 1.64. The highest BCUT2D eigenvalue weighted by Gasteiger charge is 2.20. The molecule has 0 saturated heterocycles. The molecule has 36 heavy (non-hydrogen) atoms. The van der Waals surface area contributed by atoms with E-state index in [-0.39, 0.29) is 5.56 Å². The summed E-state index contributed by atoms with van der Waals surface area (Å²) in [6.45, 7) is 3.79. The minimum atomic E-state index is -0.0720. The van der Waals surface area contributed by atoms with Gasteiger partial charge in [-0.15, -0.1) is 11.3 Å². The van der Waals surface area contributed by atoms with Crippen LogP contribution in [0.25, 0.3) is 21.6 Å². The maximum absolute atomic E-state index is 12.9. The molecule has 0 bridgehead atoms. The molecule has 1 N–H and O–H groups in total. The van der Waals surface area contributed by atoms with Crippen molar-refractivity contribution in [2.75, 3.05) is 33.5 Å². The molecule has 188 valence electrons. The van der Waals surface area contributed by atoms with Gasteiger partial charge in [0.15, 0.2) is 11.5 Å². The van der Waals surface area contributed by atoms with Crippen LogP contribution in [-0.4, -0.2) is 43.5 Å². The van der Waals surface area contributed by atoms with Crippen LogP contribution in [0.4, 0.5) is 0 Å². The summed E-state index contributed by atoms with van der Waals surface area (Å²) in [5.41, 5.74) is 3.05. The van der Waals surface area contributed by atoms with Gasteiger partial charge >= 0.3 is 0 Å². The molecule has 4 aromatic rings. The Balaban J connectivity index is 1.18. The van der Waals surface area contributed by atoms with Crippen molar-refractivity contribution in [2.45, 2.75) is 32.6 Å². The summed E-state index contributed by atoms with van der Waals surface area (Å²) in [7, 11) is 1.60. The smallest absolute Gasteiger partial charge is 0.260 e. The first kappa shape index (κ1) is 24.3. The van der Waals surface area contributed by atoms with Gasteiger partial charge in [-0.2, -0.15) is 0 Å². The number of rotatable bonds is 10. The zero-order chi connectivity index (χ0) is 24.9. The molecule has 0 aliphatic heterocycles. The Kier molecular flexibility index (Phi) is 7.53. The fraction of sp³-hybridized carbons (Fsp3) is 0.357. The molecule has 7 nitrogen and oxygen atoms in total. The van der Waals surface area contributed by atoms with Gasteiger partial charge in [0.25, 0.3) is 5.56 Å². The van der Waals surface area contributed by atoms with Gasteiger partial charge in [0, 0.05) is 10.4 Å². The Morgan fingerprint density at radius 1 is 0.972 bits per heavy atom. The first-order valence-electron chi connectivity index (χ1n) is 12.3. The van der Waals surface area contributed by atoms with E-state index in [1.807, 2.05) is 49.4 Å². The molecule has 8 heteroatoms. The topological polar surface area (TPSA) is 82.7 Å². The van der Waals surface area contributed by atoms with Crippen LogP contribution < -0.4 is 19.8 Å². The minimum Gasteiger partial charge on any atom is -0.493 e. The molecule has 1 aliphatic rings. The SMILES string of the molecule is COc1cc(-c2nc3sc4c(c3c(=O)[nH]2)CCCC4)ccc1OCCOCCOc1cccc(C)c1. The number of H-pyrrole nitrogens is 1. The standard InChI is InChI=1S/C28H30N2O5S/c1-18-6-5-7-20(16-18)34-14-12-33-13-15-35-22-11-10-19(17-23(22)32-2)26-29-27(31)25-21-8-3-4-9-24(21)36-28(25)30-26/h5-7,10-11,16-17H,3-4,8-9,12-15H2,1-2H3,(H,29,30,31). The van der Waals surface area contributed by atoms with Gasteiger partial charge < -0.3 is 23.9 Å². The third kappa shape index (κ3) is 5.39. The van der Waals surface area contributed by atoms with Crippen LogP contribution in [0, 0.1) is 6.92 Å². The van der Waals surface area contributed by atoms with E-state index in [1.54, 1.807) is 18.4 Å². The molecule has 2 aromatic carbocycles. The average molecular weight is 507 g/mol. The lowest BCUT2D eigenvalue weighted by molar-refractivity contribution is 0.0757.